The Hall–Kier alpha value is -0.120. The smallest absolute Gasteiger partial charge is 0.0996 e. The van der Waals surface area contributed by atoms with E-state index in [9.17, 15) is 0 Å². The number of nitrogens with two attached hydrogens (primary N) is 1. The normalized spacial score (nSPS) is 12.0. The van der Waals surface area contributed by atoms with E-state index in [4.69, 9.17) is 5.73 Å². The van der Waals surface area contributed by atoms with Crippen molar-refractivity contribution in [2.45, 2.75) is 19.4 Å². The summed E-state index contributed by atoms with van der Waals surface area (Å²) in [5, 5.41) is 0. The predicted molar refractivity (Wildman–Crippen MR) is 31.2 cm³/mol. The van der Waals surface area contributed by atoms with Crippen LogP contribution in [0.1, 0.15) is 13.8 Å². The van der Waals surface area contributed by atoms with Gasteiger partial charge in [0.2, 0.25) is 0 Å². The van der Waals surface area contributed by atoms with E-state index in [-0.39, 0.29) is 5.54 Å². The summed E-state index contributed by atoms with van der Waals surface area (Å²) in [6.45, 7) is 4.15. The molecule has 0 unspecified atom stereocenters. The van der Waals surface area contributed by atoms with Gasteiger partial charge in [0.25, 0.3) is 0 Å². The largest absolute Gasteiger partial charge is 0.324 e. The zero-order valence-corrected chi connectivity index (χ0v) is 5.60. The fraction of sp³-hybridized carbons (Fsp3) is 1.00. The molecule has 50 valence electrons. The minimum Gasteiger partial charge on any atom is -0.324 e. The highest BCUT2D eigenvalue weighted by molar-refractivity contribution is 4.68. The van der Waals surface area contributed by atoms with Crippen LogP contribution in [-0.2, 0) is 9.78 Å². The van der Waals surface area contributed by atoms with E-state index in [0.29, 0.717) is 6.61 Å². The molecule has 0 aliphatic rings. The Bertz CT molecular complexity index is 57.9. The second kappa shape index (κ2) is 3.02. The number of hydrogen-bond donors (Lipinski definition) is 1. The average Bonchev–Trinajstić information content (AvgIpc) is 1.59. The molecule has 0 aromatic rings. The first-order valence-electron chi connectivity index (χ1n) is 2.51. The van der Waals surface area contributed by atoms with Crippen molar-refractivity contribution in [3.05, 3.63) is 0 Å². The fourth-order valence-corrected chi connectivity index (χ4v) is 0.211. The van der Waals surface area contributed by atoms with Gasteiger partial charge in [0.05, 0.1) is 13.7 Å². The van der Waals surface area contributed by atoms with Crippen LogP contribution in [0.15, 0.2) is 0 Å². The first-order valence-corrected chi connectivity index (χ1v) is 2.51. The molecule has 0 fully saturated rings. The molecule has 0 spiro atoms. The lowest BCUT2D eigenvalue weighted by atomic mass is 10.1. The Morgan fingerprint density at radius 1 is 1.50 bits per heavy atom. The third kappa shape index (κ3) is 5.88. The van der Waals surface area contributed by atoms with Crippen LogP contribution >= 0.6 is 0 Å². The van der Waals surface area contributed by atoms with Gasteiger partial charge in [-0.05, 0) is 13.8 Å². The minimum atomic E-state index is -0.296. The van der Waals surface area contributed by atoms with Crippen LogP contribution in [0.5, 0.6) is 0 Å². The van der Waals surface area contributed by atoms with E-state index in [0.717, 1.165) is 0 Å². The van der Waals surface area contributed by atoms with Crippen LogP contribution < -0.4 is 5.73 Å². The van der Waals surface area contributed by atoms with Crippen molar-refractivity contribution < 1.29 is 9.78 Å². The molecule has 0 aliphatic heterocycles. The maximum absolute atomic E-state index is 5.52. The first kappa shape index (κ1) is 7.88. The summed E-state index contributed by atoms with van der Waals surface area (Å²) in [7, 11) is 1.46. The molecule has 3 heteroatoms. The molecule has 2 N–H and O–H groups in total. The van der Waals surface area contributed by atoms with Gasteiger partial charge in [-0.25, -0.2) is 9.78 Å². The van der Waals surface area contributed by atoms with Gasteiger partial charge in [0.1, 0.15) is 0 Å². The third-order valence-electron chi connectivity index (χ3n) is 0.549. The second-order valence-corrected chi connectivity index (χ2v) is 2.42. The molecule has 3 nitrogen and oxygen atoms in total. The molecule has 0 saturated heterocycles. The van der Waals surface area contributed by atoms with Crippen LogP contribution in [0, 0.1) is 0 Å². The highest BCUT2D eigenvalue weighted by Gasteiger charge is 2.09. The summed E-state index contributed by atoms with van der Waals surface area (Å²) in [6.07, 6.45) is 0. The van der Waals surface area contributed by atoms with E-state index >= 15 is 0 Å². The zero-order valence-electron chi connectivity index (χ0n) is 5.60. The second-order valence-electron chi connectivity index (χ2n) is 2.42. The molecule has 0 radical (unpaired) electrons. The Morgan fingerprint density at radius 2 is 2.00 bits per heavy atom. The minimum absolute atomic E-state index is 0.296. The highest BCUT2D eigenvalue weighted by Crippen LogP contribution is 1.95. The predicted octanol–water partition coefficient (Wildman–Crippen LogP) is 0.302. The van der Waals surface area contributed by atoms with Crippen LogP contribution in [0.2, 0.25) is 0 Å². The van der Waals surface area contributed by atoms with E-state index in [2.05, 4.69) is 9.78 Å². The highest BCUT2D eigenvalue weighted by atomic mass is 17.2. The fourth-order valence-electron chi connectivity index (χ4n) is 0.211. The number of rotatable bonds is 3. The third-order valence-corrected chi connectivity index (χ3v) is 0.549. The molecule has 8 heavy (non-hydrogen) atoms. The maximum atomic E-state index is 5.52. The lowest BCUT2D eigenvalue weighted by molar-refractivity contribution is -0.279. The SMILES string of the molecule is COOCC(C)(C)N. The summed E-state index contributed by atoms with van der Waals surface area (Å²) in [4.78, 5) is 8.91. The van der Waals surface area contributed by atoms with Crippen molar-refractivity contribution in [2.75, 3.05) is 13.7 Å². The van der Waals surface area contributed by atoms with Gasteiger partial charge in [-0.3, -0.25) is 0 Å². The van der Waals surface area contributed by atoms with Crippen molar-refractivity contribution in [2.24, 2.45) is 5.73 Å². The van der Waals surface area contributed by atoms with Crippen LogP contribution in [0.25, 0.3) is 0 Å². The van der Waals surface area contributed by atoms with Gasteiger partial charge in [0.15, 0.2) is 0 Å². The van der Waals surface area contributed by atoms with Crippen LogP contribution in [-0.4, -0.2) is 19.3 Å². The molecular weight excluding hydrogens is 106 g/mol. The molecule has 0 amide bonds. The Labute approximate surface area is 49.7 Å². The monoisotopic (exact) mass is 119 g/mol. The van der Waals surface area contributed by atoms with Crippen molar-refractivity contribution in [1.29, 1.82) is 0 Å². The summed E-state index contributed by atoms with van der Waals surface area (Å²) in [5.74, 6) is 0. The summed E-state index contributed by atoms with van der Waals surface area (Å²) < 4.78 is 0. The van der Waals surface area contributed by atoms with Gasteiger partial charge in [0, 0.05) is 5.54 Å². The standard InChI is InChI=1S/C5H13NO2/c1-5(2,6)4-8-7-3/h4,6H2,1-3H3. The molecule has 0 aromatic heterocycles. The summed E-state index contributed by atoms with van der Waals surface area (Å²) >= 11 is 0. The molecule has 0 aromatic carbocycles. The summed E-state index contributed by atoms with van der Waals surface area (Å²) in [5.41, 5.74) is 5.22. The van der Waals surface area contributed by atoms with Crippen molar-refractivity contribution in [3.63, 3.8) is 0 Å². The van der Waals surface area contributed by atoms with Crippen LogP contribution in [0.3, 0.4) is 0 Å². The lowest BCUT2D eigenvalue weighted by Gasteiger charge is -2.15. The van der Waals surface area contributed by atoms with E-state index in [1.54, 1.807) is 0 Å². The van der Waals surface area contributed by atoms with Crippen molar-refractivity contribution in [1.82, 2.24) is 0 Å². The first-order chi connectivity index (χ1) is 3.56. The molecule has 0 aliphatic carbocycles. The van der Waals surface area contributed by atoms with Gasteiger partial charge < -0.3 is 5.73 Å². The molecule has 0 atom stereocenters. The Kier molecular flexibility index (Phi) is 2.97. The van der Waals surface area contributed by atoms with Crippen molar-refractivity contribution >= 4 is 0 Å². The van der Waals surface area contributed by atoms with Crippen LogP contribution in [0.4, 0.5) is 0 Å². The topological polar surface area (TPSA) is 44.5 Å². The molecular formula is C5H13NO2. The van der Waals surface area contributed by atoms with Gasteiger partial charge in [-0.1, -0.05) is 0 Å². The maximum Gasteiger partial charge on any atom is 0.0996 e. The van der Waals surface area contributed by atoms with E-state index < -0.39 is 0 Å². The molecule has 0 bridgehead atoms. The van der Waals surface area contributed by atoms with Gasteiger partial charge in [-0.15, -0.1) is 0 Å². The van der Waals surface area contributed by atoms with E-state index in [1.165, 1.54) is 7.11 Å². The molecule has 0 rings (SSSR count). The van der Waals surface area contributed by atoms with Crippen molar-refractivity contribution in [3.8, 4) is 0 Å². The Morgan fingerprint density at radius 3 is 2.12 bits per heavy atom. The van der Waals surface area contributed by atoms with E-state index in [1.807, 2.05) is 13.8 Å². The lowest BCUT2D eigenvalue weighted by Crippen LogP contribution is -2.37. The summed E-state index contributed by atoms with van der Waals surface area (Å²) in [6, 6.07) is 0. The molecule has 0 saturated carbocycles. The number of hydrogen-bond acceptors (Lipinski definition) is 3. The van der Waals surface area contributed by atoms with Gasteiger partial charge >= 0.3 is 0 Å². The Balaban J connectivity index is 3.11. The quantitative estimate of drug-likeness (QED) is 0.429. The molecule has 0 heterocycles. The zero-order chi connectivity index (χ0) is 6.62. The van der Waals surface area contributed by atoms with Gasteiger partial charge in [-0.2, -0.15) is 0 Å². The average molecular weight is 119 g/mol.